The molecule has 0 fully saturated rings. The van der Waals surface area contributed by atoms with Gasteiger partial charge in [0.2, 0.25) is 0 Å². The van der Waals surface area contributed by atoms with E-state index in [0.717, 1.165) is 26.3 Å². The van der Waals surface area contributed by atoms with Crippen LogP contribution in [0.25, 0.3) is 0 Å². The highest BCUT2D eigenvalue weighted by molar-refractivity contribution is 8.23. The predicted molar refractivity (Wildman–Crippen MR) is 70.5 cm³/mol. The molecule has 0 spiro atoms. The number of hydrogen-bond donors (Lipinski definition) is 1. The monoisotopic (exact) mass is 245 g/mol. The van der Waals surface area contributed by atoms with Crippen molar-refractivity contribution in [2.24, 2.45) is 0 Å². The number of benzene rings is 1. The predicted octanol–water partition coefficient (Wildman–Crippen LogP) is 4.10. The van der Waals surface area contributed by atoms with Crippen molar-refractivity contribution in [3.8, 4) is 0 Å². The molecule has 0 radical (unpaired) electrons. The summed E-state index contributed by atoms with van der Waals surface area (Å²) < 4.78 is 0.790. The first kappa shape index (κ1) is 11.8. The Labute approximate surface area is 99.2 Å². The smallest absolute Gasteiger partial charge is 0.138 e. The minimum absolute atomic E-state index is 0.724. The topological polar surface area (TPSA) is 12.0 Å². The molecular weight excluding hydrogens is 234 g/mol. The SMILES string of the molecule is CCSC(=S)Nc1cc(Cl)ccc1C. The highest BCUT2D eigenvalue weighted by atomic mass is 35.5. The Morgan fingerprint density at radius 1 is 1.57 bits per heavy atom. The fourth-order valence-electron chi connectivity index (χ4n) is 1.01. The summed E-state index contributed by atoms with van der Waals surface area (Å²) in [7, 11) is 0. The molecule has 1 rings (SSSR count). The molecule has 0 aliphatic rings. The quantitative estimate of drug-likeness (QED) is 0.788. The number of hydrogen-bond acceptors (Lipinski definition) is 2. The summed E-state index contributed by atoms with van der Waals surface area (Å²) in [5.41, 5.74) is 2.14. The zero-order valence-corrected chi connectivity index (χ0v) is 10.5. The van der Waals surface area contributed by atoms with Crippen molar-refractivity contribution >= 4 is 45.6 Å². The van der Waals surface area contributed by atoms with Crippen LogP contribution in [0.2, 0.25) is 5.02 Å². The van der Waals surface area contributed by atoms with Crippen LogP contribution in [0.1, 0.15) is 12.5 Å². The van der Waals surface area contributed by atoms with Gasteiger partial charge in [-0.05, 0) is 30.4 Å². The van der Waals surface area contributed by atoms with E-state index in [1.165, 1.54) is 0 Å². The van der Waals surface area contributed by atoms with Crippen LogP contribution in [0.15, 0.2) is 18.2 Å². The Bertz CT molecular complexity index is 339. The van der Waals surface area contributed by atoms with Gasteiger partial charge in [-0.15, -0.1) is 0 Å². The standard InChI is InChI=1S/C10H12ClNS2/c1-3-14-10(13)12-9-6-8(11)5-4-7(9)2/h4-6H,3H2,1-2H3,(H,12,13). The number of nitrogens with one attached hydrogen (secondary N) is 1. The summed E-state index contributed by atoms with van der Waals surface area (Å²) in [6.45, 7) is 4.10. The molecule has 0 atom stereocenters. The first-order valence-electron chi connectivity index (χ1n) is 4.33. The van der Waals surface area contributed by atoms with Crippen molar-refractivity contribution in [1.29, 1.82) is 0 Å². The molecule has 0 aliphatic carbocycles. The van der Waals surface area contributed by atoms with Crippen molar-refractivity contribution < 1.29 is 0 Å². The number of halogens is 1. The molecule has 1 nitrogen and oxygen atoms in total. The fourth-order valence-corrected chi connectivity index (χ4v) is 2.09. The van der Waals surface area contributed by atoms with Gasteiger partial charge >= 0.3 is 0 Å². The Morgan fingerprint density at radius 3 is 2.93 bits per heavy atom. The molecule has 0 heterocycles. The van der Waals surface area contributed by atoms with E-state index < -0.39 is 0 Å². The Balaban J connectivity index is 2.75. The minimum atomic E-state index is 0.724. The lowest BCUT2D eigenvalue weighted by molar-refractivity contribution is 1.46. The highest BCUT2D eigenvalue weighted by Gasteiger charge is 2.01. The number of anilines is 1. The zero-order chi connectivity index (χ0) is 10.6. The molecule has 4 heteroatoms. The van der Waals surface area contributed by atoms with E-state index in [1.54, 1.807) is 11.8 Å². The van der Waals surface area contributed by atoms with Gasteiger partial charge in [-0.2, -0.15) is 0 Å². The average molecular weight is 246 g/mol. The third kappa shape index (κ3) is 3.48. The van der Waals surface area contributed by atoms with Crippen molar-refractivity contribution in [3.63, 3.8) is 0 Å². The summed E-state index contributed by atoms with van der Waals surface area (Å²) >= 11 is 12.7. The minimum Gasteiger partial charge on any atom is -0.341 e. The Morgan fingerprint density at radius 2 is 2.29 bits per heavy atom. The fraction of sp³-hybridized carbons (Fsp3) is 0.300. The lowest BCUT2D eigenvalue weighted by Gasteiger charge is -2.09. The largest absolute Gasteiger partial charge is 0.341 e. The molecule has 0 saturated heterocycles. The van der Waals surface area contributed by atoms with E-state index in [2.05, 4.69) is 12.2 Å². The summed E-state index contributed by atoms with van der Waals surface area (Å²) in [4.78, 5) is 0. The summed E-state index contributed by atoms with van der Waals surface area (Å²) in [6.07, 6.45) is 0. The van der Waals surface area contributed by atoms with Gasteiger partial charge in [0.25, 0.3) is 0 Å². The molecular formula is C10H12ClNS2. The van der Waals surface area contributed by atoms with Crippen molar-refractivity contribution in [1.82, 2.24) is 0 Å². The van der Waals surface area contributed by atoms with Gasteiger partial charge in [0, 0.05) is 10.7 Å². The van der Waals surface area contributed by atoms with E-state index in [0.29, 0.717) is 0 Å². The van der Waals surface area contributed by atoms with Gasteiger partial charge in [0.15, 0.2) is 0 Å². The van der Waals surface area contributed by atoms with Gasteiger partial charge in [-0.3, -0.25) is 0 Å². The normalized spacial score (nSPS) is 9.93. The molecule has 0 aromatic heterocycles. The molecule has 0 bridgehead atoms. The Hall–Kier alpha value is -0.250. The van der Waals surface area contributed by atoms with Crippen molar-refractivity contribution in [2.75, 3.05) is 11.1 Å². The highest BCUT2D eigenvalue weighted by Crippen LogP contribution is 2.21. The van der Waals surface area contributed by atoms with Gasteiger partial charge in [0.1, 0.15) is 4.32 Å². The van der Waals surface area contributed by atoms with Gasteiger partial charge in [-0.25, -0.2) is 0 Å². The first-order chi connectivity index (χ1) is 6.63. The van der Waals surface area contributed by atoms with Crippen LogP contribution in [0.3, 0.4) is 0 Å². The lowest BCUT2D eigenvalue weighted by atomic mass is 10.2. The average Bonchev–Trinajstić information content (AvgIpc) is 2.12. The molecule has 76 valence electrons. The molecule has 0 saturated carbocycles. The third-order valence-corrected chi connectivity index (χ3v) is 3.06. The Kier molecular flexibility index (Phi) is 4.72. The molecule has 1 aromatic carbocycles. The van der Waals surface area contributed by atoms with Crippen LogP contribution >= 0.6 is 35.6 Å². The first-order valence-corrected chi connectivity index (χ1v) is 6.10. The second-order valence-corrected chi connectivity index (χ2v) is 5.18. The molecule has 0 amide bonds. The molecule has 1 N–H and O–H groups in total. The summed E-state index contributed by atoms with van der Waals surface area (Å²) in [5.74, 6) is 0.978. The molecule has 1 aromatic rings. The van der Waals surface area contributed by atoms with E-state index in [1.807, 2.05) is 25.1 Å². The van der Waals surface area contributed by atoms with E-state index in [9.17, 15) is 0 Å². The van der Waals surface area contributed by atoms with Crippen molar-refractivity contribution in [3.05, 3.63) is 28.8 Å². The van der Waals surface area contributed by atoms with Gasteiger partial charge in [0.05, 0.1) is 0 Å². The van der Waals surface area contributed by atoms with Gasteiger partial charge < -0.3 is 5.32 Å². The number of thiocarbonyl (C=S) groups is 1. The maximum Gasteiger partial charge on any atom is 0.138 e. The van der Waals surface area contributed by atoms with Crippen molar-refractivity contribution in [2.45, 2.75) is 13.8 Å². The molecule has 0 aliphatic heterocycles. The second kappa shape index (κ2) is 5.59. The number of rotatable bonds is 2. The van der Waals surface area contributed by atoms with Crippen LogP contribution in [-0.4, -0.2) is 10.1 Å². The molecule has 14 heavy (non-hydrogen) atoms. The van der Waals surface area contributed by atoms with Crippen LogP contribution in [0, 0.1) is 6.92 Å². The van der Waals surface area contributed by atoms with Gasteiger partial charge in [-0.1, -0.05) is 48.6 Å². The lowest BCUT2D eigenvalue weighted by Crippen LogP contribution is -2.05. The second-order valence-electron chi connectivity index (χ2n) is 2.80. The summed E-state index contributed by atoms with van der Waals surface area (Å²) in [6, 6.07) is 5.74. The van der Waals surface area contributed by atoms with E-state index >= 15 is 0 Å². The van der Waals surface area contributed by atoms with Crippen LogP contribution in [0.4, 0.5) is 5.69 Å². The van der Waals surface area contributed by atoms with Crippen LogP contribution < -0.4 is 5.32 Å². The molecule has 0 unspecified atom stereocenters. The number of thioether (sulfide) groups is 1. The number of aryl methyl sites for hydroxylation is 1. The maximum atomic E-state index is 5.89. The maximum absolute atomic E-state index is 5.89. The van der Waals surface area contributed by atoms with Crippen LogP contribution in [0.5, 0.6) is 0 Å². The van der Waals surface area contributed by atoms with E-state index in [4.69, 9.17) is 23.8 Å². The van der Waals surface area contributed by atoms with Crippen LogP contribution in [-0.2, 0) is 0 Å². The third-order valence-electron chi connectivity index (χ3n) is 1.71. The summed E-state index contributed by atoms with van der Waals surface area (Å²) in [5, 5.41) is 3.89. The van der Waals surface area contributed by atoms with E-state index in [-0.39, 0.29) is 0 Å². The zero-order valence-electron chi connectivity index (χ0n) is 8.13.